The van der Waals surface area contributed by atoms with Gasteiger partial charge in [0.05, 0.1) is 0 Å². The van der Waals surface area contributed by atoms with Gasteiger partial charge >= 0.3 is 0 Å². The standard InChI is InChI=1S/C20H18N4O2/c21-11-16-15(14-6-7-17-18(10-14)26-12-25-17)8-9-24-20(16)22-19(23-24)13-4-2-1-3-5-13/h6-10,13H,1-5,12H2. The molecule has 1 aromatic carbocycles. The van der Waals surface area contributed by atoms with Crippen LogP contribution in [0.1, 0.15) is 49.4 Å². The summed E-state index contributed by atoms with van der Waals surface area (Å²) >= 11 is 0. The minimum atomic E-state index is 0.234. The molecule has 1 fully saturated rings. The van der Waals surface area contributed by atoms with Gasteiger partial charge in [0.2, 0.25) is 6.79 Å². The van der Waals surface area contributed by atoms with Crippen molar-refractivity contribution in [1.29, 1.82) is 5.26 Å². The Kier molecular flexibility index (Phi) is 3.52. The van der Waals surface area contributed by atoms with E-state index in [9.17, 15) is 5.26 Å². The summed E-state index contributed by atoms with van der Waals surface area (Å²) in [6, 6.07) is 9.97. The normalized spacial score (nSPS) is 16.7. The number of rotatable bonds is 2. The van der Waals surface area contributed by atoms with Gasteiger partial charge in [-0.2, -0.15) is 10.4 Å². The quantitative estimate of drug-likeness (QED) is 0.700. The van der Waals surface area contributed by atoms with E-state index in [-0.39, 0.29) is 6.79 Å². The summed E-state index contributed by atoms with van der Waals surface area (Å²) in [7, 11) is 0. The van der Waals surface area contributed by atoms with Crippen molar-refractivity contribution in [1.82, 2.24) is 14.6 Å². The number of benzene rings is 1. The smallest absolute Gasteiger partial charge is 0.231 e. The van der Waals surface area contributed by atoms with Crippen molar-refractivity contribution >= 4 is 5.65 Å². The summed E-state index contributed by atoms with van der Waals surface area (Å²) in [5, 5.41) is 14.5. The number of ether oxygens (including phenoxy) is 2. The first-order valence-corrected chi connectivity index (χ1v) is 9.03. The molecule has 5 rings (SSSR count). The fourth-order valence-corrected chi connectivity index (χ4v) is 3.91. The van der Waals surface area contributed by atoms with Crippen molar-refractivity contribution in [2.24, 2.45) is 0 Å². The van der Waals surface area contributed by atoms with Crippen molar-refractivity contribution in [3.63, 3.8) is 0 Å². The Morgan fingerprint density at radius 1 is 1.08 bits per heavy atom. The van der Waals surface area contributed by atoms with Gasteiger partial charge in [-0.3, -0.25) is 0 Å². The van der Waals surface area contributed by atoms with Crippen molar-refractivity contribution in [3.8, 4) is 28.7 Å². The average Bonchev–Trinajstić information content (AvgIpc) is 3.33. The summed E-state index contributed by atoms with van der Waals surface area (Å²) in [6.07, 6.45) is 7.90. The van der Waals surface area contributed by atoms with Gasteiger partial charge in [-0.1, -0.05) is 25.3 Å². The van der Waals surface area contributed by atoms with Gasteiger partial charge in [-0.05, 0) is 36.6 Å². The average molecular weight is 346 g/mol. The molecular weight excluding hydrogens is 328 g/mol. The maximum absolute atomic E-state index is 9.80. The predicted molar refractivity (Wildman–Crippen MR) is 95.1 cm³/mol. The summed E-state index contributed by atoms with van der Waals surface area (Å²) in [4.78, 5) is 4.74. The Hall–Kier alpha value is -3.07. The van der Waals surface area contributed by atoms with Crippen LogP contribution in [0.4, 0.5) is 0 Å². The van der Waals surface area contributed by atoms with Crippen LogP contribution >= 0.6 is 0 Å². The second-order valence-corrected chi connectivity index (χ2v) is 6.86. The van der Waals surface area contributed by atoms with Crippen LogP contribution in [0.5, 0.6) is 11.5 Å². The Balaban J connectivity index is 1.61. The van der Waals surface area contributed by atoms with Crippen LogP contribution in [-0.2, 0) is 0 Å². The monoisotopic (exact) mass is 346 g/mol. The molecule has 0 atom stereocenters. The molecule has 0 radical (unpaired) electrons. The Labute approximate surface area is 151 Å². The molecule has 0 bridgehead atoms. The fourth-order valence-electron chi connectivity index (χ4n) is 3.91. The van der Waals surface area contributed by atoms with Crippen LogP contribution in [0, 0.1) is 11.3 Å². The molecule has 2 aromatic heterocycles. The first kappa shape index (κ1) is 15.2. The van der Waals surface area contributed by atoms with E-state index >= 15 is 0 Å². The molecule has 6 heteroatoms. The maximum atomic E-state index is 9.80. The largest absolute Gasteiger partial charge is 0.454 e. The van der Waals surface area contributed by atoms with Gasteiger partial charge in [0.15, 0.2) is 23.0 Å². The highest BCUT2D eigenvalue weighted by atomic mass is 16.7. The molecule has 2 aliphatic rings. The summed E-state index contributed by atoms with van der Waals surface area (Å²) < 4.78 is 12.6. The predicted octanol–water partition coefficient (Wildman–Crippen LogP) is 4.04. The van der Waals surface area contributed by atoms with E-state index in [4.69, 9.17) is 14.5 Å². The van der Waals surface area contributed by atoms with E-state index in [1.165, 1.54) is 19.3 Å². The van der Waals surface area contributed by atoms with Crippen LogP contribution in [0.2, 0.25) is 0 Å². The Morgan fingerprint density at radius 3 is 2.77 bits per heavy atom. The third-order valence-electron chi connectivity index (χ3n) is 5.29. The maximum Gasteiger partial charge on any atom is 0.231 e. The van der Waals surface area contributed by atoms with Crippen LogP contribution in [-0.4, -0.2) is 21.4 Å². The fraction of sp³-hybridized carbons (Fsp3) is 0.350. The van der Waals surface area contributed by atoms with E-state index < -0.39 is 0 Å². The first-order chi connectivity index (χ1) is 12.8. The molecule has 3 aromatic rings. The number of aromatic nitrogens is 3. The van der Waals surface area contributed by atoms with E-state index in [1.807, 2.05) is 30.5 Å². The molecule has 0 N–H and O–H groups in total. The van der Waals surface area contributed by atoms with Crippen LogP contribution < -0.4 is 9.47 Å². The molecular formula is C20H18N4O2. The molecule has 0 amide bonds. The second-order valence-electron chi connectivity index (χ2n) is 6.86. The summed E-state index contributed by atoms with van der Waals surface area (Å²) in [6.45, 7) is 0.234. The lowest BCUT2D eigenvalue weighted by molar-refractivity contribution is 0.174. The number of fused-ring (bicyclic) bond motifs is 2. The number of nitriles is 1. The lowest BCUT2D eigenvalue weighted by Crippen LogP contribution is -2.06. The van der Waals surface area contributed by atoms with Crippen molar-refractivity contribution in [3.05, 3.63) is 41.9 Å². The topological polar surface area (TPSA) is 72.4 Å². The zero-order valence-corrected chi connectivity index (χ0v) is 14.3. The van der Waals surface area contributed by atoms with E-state index in [1.54, 1.807) is 4.52 Å². The van der Waals surface area contributed by atoms with Crippen molar-refractivity contribution in [2.45, 2.75) is 38.0 Å². The summed E-state index contributed by atoms with van der Waals surface area (Å²) in [5.74, 6) is 2.71. The molecule has 1 saturated carbocycles. The zero-order valence-electron chi connectivity index (χ0n) is 14.3. The van der Waals surface area contributed by atoms with Crippen molar-refractivity contribution < 1.29 is 9.47 Å². The van der Waals surface area contributed by atoms with Gasteiger partial charge in [-0.25, -0.2) is 9.50 Å². The molecule has 26 heavy (non-hydrogen) atoms. The minimum Gasteiger partial charge on any atom is -0.454 e. The SMILES string of the molecule is N#Cc1c(-c2ccc3c(c2)OCO3)ccn2nc(C3CCCCC3)nc12. The Morgan fingerprint density at radius 2 is 1.92 bits per heavy atom. The first-order valence-electron chi connectivity index (χ1n) is 9.03. The molecule has 3 heterocycles. The third-order valence-corrected chi connectivity index (χ3v) is 5.29. The van der Waals surface area contributed by atoms with Gasteiger partial charge in [0.25, 0.3) is 0 Å². The lowest BCUT2D eigenvalue weighted by atomic mass is 9.89. The van der Waals surface area contributed by atoms with E-state index in [0.29, 0.717) is 22.9 Å². The van der Waals surface area contributed by atoms with E-state index in [0.717, 1.165) is 35.5 Å². The molecule has 130 valence electrons. The summed E-state index contributed by atoms with van der Waals surface area (Å²) in [5.41, 5.74) is 2.92. The lowest BCUT2D eigenvalue weighted by Gasteiger charge is -2.17. The third kappa shape index (κ3) is 2.39. The van der Waals surface area contributed by atoms with Gasteiger partial charge in [0, 0.05) is 17.7 Å². The van der Waals surface area contributed by atoms with Gasteiger partial charge in [0.1, 0.15) is 11.6 Å². The molecule has 1 aliphatic carbocycles. The molecule has 0 spiro atoms. The molecule has 0 unspecified atom stereocenters. The van der Waals surface area contributed by atoms with Crippen LogP contribution in [0.25, 0.3) is 16.8 Å². The number of nitrogens with zero attached hydrogens (tertiary/aromatic N) is 4. The van der Waals surface area contributed by atoms with E-state index in [2.05, 4.69) is 11.2 Å². The van der Waals surface area contributed by atoms with Gasteiger partial charge in [-0.15, -0.1) is 0 Å². The molecule has 0 saturated heterocycles. The number of hydrogen-bond donors (Lipinski definition) is 0. The molecule has 1 aliphatic heterocycles. The highest BCUT2D eigenvalue weighted by molar-refractivity contribution is 5.78. The highest BCUT2D eigenvalue weighted by Gasteiger charge is 2.22. The Bertz CT molecular complexity index is 1030. The van der Waals surface area contributed by atoms with Crippen LogP contribution in [0.15, 0.2) is 30.5 Å². The number of hydrogen-bond acceptors (Lipinski definition) is 5. The van der Waals surface area contributed by atoms with Crippen LogP contribution in [0.3, 0.4) is 0 Å². The zero-order chi connectivity index (χ0) is 17.5. The second kappa shape index (κ2) is 6.03. The number of pyridine rings is 1. The minimum absolute atomic E-state index is 0.234. The highest BCUT2D eigenvalue weighted by Crippen LogP contribution is 2.37. The van der Waals surface area contributed by atoms with Crippen molar-refractivity contribution in [2.75, 3.05) is 6.79 Å². The molecule has 6 nitrogen and oxygen atoms in total. The van der Waals surface area contributed by atoms with Gasteiger partial charge < -0.3 is 9.47 Å².